The minimum atomic E-state index is -3.82. The summed E-state index contributed by atoms with van der Waals surface area (Å²) in [4.78, 5) is 21.3. The van der Waals surface area contributed by atoms with Gasteiger partial charge in [-0.2, -0.15) is 13.9 Å². The zero-order chi connectivity index (χ0) is 26.0. The van der Waals surface area contributed by atoms with Crippen LogP contribution in [0.4, 0.5) is 18.7 Å². The molecule has 1 amide bonds. The summed E-state index contributed by atoms with van der Waals surface area (Å²) in [6.45, 7) is 8.63. The summed E-state index contributed by atoms with van der Waals surface area (Å²) < 4.78 is 41.8. The second-order valence-electron chi connectivity index (χ2n) is 10.7. The minimum absolute atomic E-state index is 0.00793. The molecule has 36 heavy (non-hydrogen) atoms. The van der Waals surface area contributed by atoms with Crippen LogP contribution in [0.25, 0.3) is 15.9 Å². The summed E-state index contributed by atoms with van der Waals surface area (Å²) in [5.74, 6) is -0.0747. The Kier molecular flexibility index (Phi) is 5.67. The number of nitrogens with zero attached hydrogens (tertiary/aromatic N) is 5. The van der Waals surface area contributed by atoms with Gasteiger partial charge in [-0.15, -0.1) is 0 Å². The van der Waals surface area contributed by atoms with Crippen molar-refractivity contribution in [3.05, 3.63) is 30.6 Å². The number of amides is 1. The first kappa shape index (κ1) is 24.7. The van der Waals surface area contributed by atoms with E-state index in [0.717, 1.165) is 20.3 Å². The average Bonchev–Trinajstić information content (AvgIpc) is 3.42. The fourth-order valence-electron chi connectivity index (χ4n) is 4.41. The van der Waals surface area contributed by atoms with Gasteiger partial charge in [0.25, 0.3) is 0 Å². The number of hydrogen-bond acceptors (Lipinski definition) is 8. The predicted octanol–water partition coefficient (Wildman–Crippen LogP) is 4.42. The highest BCUT2D eigenvalue weighted by molar-refractivity contribution is 7.22. The van der Waals surface area contributed by atoms with E-state index in [-0.39, 0.29) is 23.9 Å². The van der Waals surface area contributed by atoms with Crippen molar-refractivity contribution in [1.29, 1.82) is 0 Å². The predicted molar refractivity (Wildman–Crippen MR) is 131 cm³/mol. The number of piperidine rings is 1. The first-order chi connectivity index (χ1) is 16.7. The summed E-state index contributed by atoms with van der Waals surface area (Å²) in [5.41, 5.74) is -1.87. The molecular weight excluding hydrogens is 492 g/mol. The van der Waals surface area contributed by atoms with E-state index in [1.165, 1.54) is 17.4 Å². The molecule has 3 aromatic rings. The summed E-state index contributed by atoms with van der Waals surface area (Å²) in [6, 6.07) is 4.80. The fraction of sp³-hybridized carbons (Fsp3) is 0.542. The standard InChI is InChI=1S/C24H29F2N5O4S/c1-22(2,3)35-21(32)31-14-11-15(31)13-29(12-14)20-28-18-16(30-10-6-9-27-30)7-8-17(19(18)36-20)34-24(25,26)23(4,5)33/h6-10,14-15,33H,11-13H2,1-5H3. The number of aromatic nitrogens is 3. The molecule has 5 heterocycles. The number of anilines is 1. The van der Waals surface area contributed by atoms with Crippen LogP contribution in [0.2, 0.25) is 0 Å². The Morgan fingerprint density at radius 3 is 2.44 bits per heavy atom. The van der Waals surface area contributed by atoms with Gasteiger partial charge in [0.1, 0.15) is 21.6 Å². The zero-order valence-corrected chi connectivity index (χ0v) is 21.6. The Morgan fingerprint density at radius 1 is 1.17 bits per heavy atom. The molecule has 3 fully saturated rings. The molecule has 1 aromatic carbocycles. The normalized spacial score (nSPS) is 20.4. The quantitative estimate of drug-likeness (QED) is 0.531. The molecule has 0 aliphatic carbocycles. The average molecular weight is 522 g/mol. The third kappa shape index (κ3) is 4.36. The largest absolute Gasteiger partial charge is 0.444 e. The first-order valence-electron chi connectivity index (χ1n) is 11.7. The monoisotopic (exact) mass is 521 g/mol. The van der Waals surface area contributed by atoms with Crippen LogP contribution >= 0.6 is 11.3 Å². The number of benzene rings is 1. The van der Waals surface area contributed by atoms with Crippen molar-refractivity contribution in [3.8, 4) is 11.4 Å². The highest BCUT2D eigenvalue weighted by atomic mass is 32.1. The van der Waals surface area contributed by atoms with Crippen molar-refractivity contribution < 1.29 is 28.2 Å². The van der Waals surface area contributed by atoms with Crippen molar-refractivity contribution in [2.24, 2.45) is 0 Å². The molecule has 9 nitrogen and oxygen atoms in total. The van der Waals surface area contributed by atoms with Crippen molar-refractivity contribution in [2.75, 3.05) is 18.0 Å². The van der Waals surface area contributed by atoms with Crippen LogP contribution in [0.15, 0.2) is 30.6 Å². The highest BCUT2D eigenvalue weighted by Gasteiger charge is 2.50. The van der Waals surface area contributed by atoms with Crippen molar-refractivity contribution in [3.63, 3.8) is 0 Å². The summed E-state index contributed by atoms with van der Waals surface area (Å²) in [7, 11) is 0. The lowest BCUT2D eigenvalue weighted by molar-refractivity contribution is -0.275. The van der Waals surface area contributed by atoms with Gasteiger partial charge in [-0.05, 0) is 59.2 Å². The number of aliphatic hydroxyl groups is 1. The molecule has 2 atom stereocenters. The van der Waals surface area contributed by atoms with Crippen LogP contribution < -0.4 is 9.64 Å². The number of ether oxygens (including phenoxy) is 2. The smallest absolute Gasteiger partial charge is 0.426 e. The number of halogens is 2. The van der Waals surface area contributed by atoms with E-state index in [1.807, 2.05) is 20.8 Å². The maximum atomic E-state index is 14.6. The van der Waals surface area contributed by atoms with Crippen LogP contribution in [0.5, 0.6) is 5.75 Å². The van der Waals surface area contributed by atoms with Crippen molar-refractivity contribution in [2.45, 2.75) is 70.4 Å². The second kappa shape index (κ2) is 8.27. The molecule has 0 saturated carbocycles. The Balaban J connectivity index is 1.46. The van der Waals surface area contributed by atoms with E-state index in [2.05, 4.69) is 10.00 Å². The molecular formula is C24H29F2N5O4S. The summed E-state index contributed by atoms with van der Waals surface area (Å²) in [6.07, 6.45) is 0.103. The van der Waals surface area contributed by atoms with Crippen LogP contribution in [-0.2, 0) is 4.74 Å². The fourth-order valence-corrected chi connectivity index (χ4v) is 5.47. The number of fused-ring (bicyclic) bond motifs is 3. The van der Waals surface area contributed by atoms with E-state index < -0.39 is 17.3 Å². The van der Waals surface area contributed by atoms with Gasteiger partial charge in [-0.3, -0.25) is 4.90 Å². The molecule has 2 unspecified atom stereocenters. The van der Waals surface area contributed by atoms with Crippen molar-refractivity contribution >= 4 is 32.8 Å². The number of alkyl halides is 2. The minimum Gasteiger partial charge on any atom is -0.444 e. The van der Waals surface area contributed by atoms with Crippen molar-refractivity contribution in [1.82, 2.24) is 19.7 Å². The van der Waals surface area contributed by atoms with Gasteiger partial charge in [0.15, 0.2) is 10.7 Å². The molecule has 3 aliphatic rings. The lowest BCUT2D eigenvalue weighted by Gasteiger charge is -2.55. The van der Waals surface area contributed by atoms with Gasteiger partial charge in [0, 0.05) is 25.5 Å². The van der Waals surface area contributed by atoms with E-state index in [1.54, 1.807) is 34.1 Å². The zero-order valence-electron chi connectivity index (χ0n) is 20.7. The maximum Gasteiger partial charge on any atom is 0.426 e. The first-order valence-corrected chi connectivity index (χ1v) is 12.5. The molecule has 3 saturated heterocycles. The topological polar surface area (TPSA) is 93.0 Å². The summed E-state index contributed by atoms with van der Waals surface area (Å²) in [5, 5.41) is 14.8. The Labute approximate surface area is 211 Å². The van der Waals surface area contributed by atoms with E-state index >= 15 is 0 Å². The van der Waals surface area contributed by atoms with E-state index in [9.17, 15) is 18.7 Å². The van der Waals surface area contributed by atoms with Gasteiger partial charge in [-0.1, -0.05) is 11.3 Å². The third-order valence-electron chi connectivity index (χ3n) is 6.24. The lowest BCUT2D eigenvalue weighted by atomic mass is 9.88. The molecule has 1 N–H and O–H groups in total. The molecule has 6 rings (SSSR count). The van der Waals surface area contributed by atoms with Gasteiger partial charge >= 0.3 is 12.2 Å². The van der Waals surface area contributed by atoms with Crippen LogP contribution in [0.3, 0.4) is 0 Å². The van der Waals surface area contributed by atoms with Gasteiger partial charge in [0.05, 0.1) is 17.8 Å². The molecule has 0 radical (unpaired) electrons. The maximum absolute atomic E-state index is 14.6. The molecule has 0 spiro atoms. The number of piperazine rings is 1. The number of hydrogen-bond donors (Lipinski definition) is 1. The van der Waals surface area contributed by atoms with Crippen LogP contribution in [0, 0.1) is 0 Å². The second-order valence-corrected chi connectivity index (χ2v) is 11.7. The third-order valence-corrected chi connectivity index (χ3v) is 7.38. The molecule has 12 heteroatoms. The highest BCUT2D eigenvalue weighted by Crippen LogP contribution is 2.44. The summed E-state index contributed by atoms with van der Waals surface area (Å²) >= 11 is 1.23. The number of thiazole rings is 1. The number of carbonyl (C=O) groups is 1. The van der Waals surface area contributed by atoms with Gasteiger partial charge in [-0.25, -0.2) is 14.5 Å². The van der Waals surface area contributed by atoms with E-state index in [0.29, 0.717) is 34.1 Å². The van der Waals surface area contributed by atoms with Crippen LogP contribution in [0.1, 0.15) is 41.0 Å². The Hall–Kier alpha value is -2.99. The SMILES string of the molecule is CC(C)(C)OC(=O)N1C2CC1CN(c1nc3c(-n4cccn4)ccc(OC(F)(F)C(C)(C)O)c3s1)C2. The molecule has 3 aliphatic heterocycles. The van der Waals surface area contributed by atoms with Crippen LogP contribution in [-0.4, -0.2) is 73.3 Å². The molecule has 2 bridgehead atoms. The Bertz CT molecular complexity index is 1270. The molecule has 2 aromatic heterocycles. The number of rotatable bonds is 5. The molecule has 194 valence electrons. The van der Waals surface area contributed by atoms with E-state index in [4.69, 9.17) is 14.5 Å². The lowest BCUT2D eigenvalue weighted by Crippen LogP contribution is -2.70. The van der Waals surface area contributed by atoms with Gasteiger partial charge < -0.3 is 19.5 Å². The number of carbonyl (C=O) groups excluding carboxylic acids is 1. The Morgan fingerprint density at radius 2 is 1.86 bits per heavy atom. The van der Waals surface area contributed by atoms with Gasteiger partial charge in [0.2, 0.25) is 0 Å².